The fourth-order valence-electron chi connectivity index (χ4n) is 3.75. The van der Waals surface area contributed by atoms with E-state index in [1.807, 2.05) is 11.4 Å². The number of thiophene rings is 1. The highest BCUT2D eigenvalue weighted by Crippen LogP contribution is 2.30. The van der Waals surface area contributed by atoms with Crippen molar-refractivity contribution < 1.29 is 28.3 Å². The number of amides is 1. The summed E-state index contributed by atoms with van der Waals surface area (Å²) in [6, 6.07) is 5.59. The van der Waals surface area contributed by atoms with Crippen molar-refractivity contribution >= 4 is 52.2 Å². The fraction of sp³-hybridized carbons (Fsp3) is 0.308. The van der Waals surface area contributed by atoms with E-state index in [-0.39, 0.29) is 30.6 Å². The van der Waals surface area contributed by atoms with Gasteiger partial charge in [0.2, 0.25) is 5.91 Å². The standard InChI is InChI=1S/C26H25F2NO4S2/c27-21-9-7-16(13-22(21)28)18-12-19(35-15-18)11-17-8-10-23(34)20(26(17)33)5-3-1-2-4-6-24(30)29-14-25(31)32/h7-13,15,20H,1-6,14H2,(H,29,30)(H,31,32)/b17-11+. The molecule has 1 aromatic heterocycles. The minimum absolute atomic E-state index is 0.0340. The summed E-state index contributed by atoms with van der Waals surface area (Å²) in [4.78, 5) is 36.4. The predicted octanol–water partition coefficient (Wildman–Crippen LogP) is 5.74. The molecule has 1 unspecified atom stereocenters. The number of thiocarbonyl (C=S) groups is 1. The minimum atomic E-state index is -1.07. The van der Waals surface area contributed by atoms with Crippen LogP contribution in [0.25, 0.3) is 17.2 Å². The highest BCUT2D eigenvalue weighted by molar-refractivity contribution is 7.80. The molecule has 2 aromatic rings. The number of ketones is 1. The third-order valence-electron chi connectivity index (χ3n) is 5.63. The van der Waals surface area contributed by atoms with Gasteiger partial charge in [0.25, 0.3) is 0 Å². The van der Waals surface area contributed by atoms with Crippen molar-refractivity contribution in [1.82, 2.24) is 5.32 Å². The molecule has 1 heterocycles. The maximum Gasteiger partial charge on any atom is 0.322 e. The van der Waals surface area contributed by atoms with Gasteiger partial charge in [-0.1, -0.05) is 43.6 Å². The highest BCUT2D eigenvalue weighted by atomic mass is 32.1. The van der Waals surface area contributed by atoms with Crippen LogP contribution in [0.1, 0.15) is 43.4 Å². The second-order valence-electron chi connectivity index (χ2n) is 8.24. The second-order valence-corrected chi connectivity index (χ2v) is 9.66. The van der Waals surface area contributed by atoms with Gasteiger partial charge in [0.1, 0.15) is 6.54 Å². The van der Waals surface area contributed by atoms with Gasteiger partial charge < -0.3 is 10.4 Å². The van der Waals surface area contributed by atoms with Crippen molar-refractivity contribution in [2.45, 2.75) is 38.5 Å². The molecule has 35 heavy (non-hydrogen) atoms. The molecule has 0 fully saturated rings. The van der Waals surface area contributed by atoms with Crippen LogP contribution in [-0.2, 0) is 14.4 Å². The Morgan fingerprint density at radius 1 is 1.06 bits per heavy atom. The van der Waals surface area contributed by atoms with Gasteiger partial charge in [-0.25, -0.2) is 8.78 Å². The quantitative estimate of drug-likeness (QED) is 0.226. The molecule has 0 saturated carbocycles. The van der Waals surface area contributed by atoms with E-state index in [4.69, 9.17) is 17.3 Å². The first kappa shape index (κ1) is 26.6. The molecular formula is C26H25F2NO4S2. The fourth-order valence-corrected chi connectivity index (χ4v) is 4.90. The number of carbonyl (C=O) groups is 3. The van der Waals surface area contributed by atoms with E-state index >= 15 is 0 Å². The lowest BCUT2D eigenvalue weighted by atomic mass is 9.85. The molecule has 9 heteroatoms. The number of benzene rings is 1. The molecule has 2 N–H and O–H groups in total. The number of carboxylic acids is 1. The first-order valence-corrected chi connectivity index (χ1v) is 12.5. The topological polar surface area (TPSA) is 83.5 Å². The lowest BCUT2D eigenvalue weighted by Crippen LogP contribution is -2.28. The smallest absolute Gasteiger partial charge is 0.322 e. The Balaban J connectivity index is 1.52. The summed E-state index contributed by atoms with van der Waals surface area (Å²) in [6.45, 7) is -0.374. The van der Waals surface area contributed by atoms with Crippen LogP contribution in [0.3, 0.4) is 0 Å². The van der Waals surface area contributed by atoms with Gasteiger partial charge in [0.05, 0.1) is 5.92 Å². The number of nitrogens with one attached hydrogen (secondary N) is 1. The van der Waals surface area contributed by atoms with E-state index in [0.717, 1.165) is 41.8 Å². The minimum Gasteiger partial charge on any atom is -0.480 e. The zero-order chi connectivity index (χ0) is 25.4. The molecule has 0 bridgehead atoms. The Labute approximate surface area is 211 Å². The number of hydrogen-bond donors (Lipinski definition) is 2. The average Bonchev–Trinajstić information content (AvgIpc) is 3.29. The van der Waals surface area contributed by atoms with E-state index in [0.29, 0.717) is 28.8 Å². The average molecular weight is 518 g/mol. The van der Waals surface area contributed by atoms with Crippen molar-refractivity contribution in [2.24, 2.45) is 5.92 Å². The van der Waals surface area contributed by atoms with E-state index in [2.05, 4.69) is 5.32 Å². The number of aliphatic carboxylic acids is 1. The molecule has 3 rings (SSSR count). The van der Waals surface area contributed by atoms with E-state index in [1.54, 1.807) is 18.2 Å². The molecule has 1 aliphatic carbocycles. The number of unbranched alkanes of at least 4 members (excludes halogenated alkanes) is 3. The van der Waals surface area contributed by atoms with Gasteiger partial charge in [-0.2, -0.15) is 0 Å². The van der Waals surface area contributed by atoms with Gasteiger partial charge in [0.15, 0.2) is 17.4 Å². The number of hydrogen-bond acceptors (Lipinski definition) is 5. The number of allylic oxidation sites excluding steroid dienone is 3. The molecule has 5 nitrogen and oxygen atoms in total. The van der Waals surface area contributed by atoms with Crippen LogP contribution in [0.2, 0.25) is 0 Å². The molecule has 0 radical (unpaired) electrons. The van der Waals surface area contributed by atoms with Crippen molar-refractivity contribution in [2.75, 3.05) is 6.54 Å². The van der Waals surface area contributed by atoms with Crippen LogP contribution in [0.15, 0.2) is 47.4 Å². The number of carbonyl (C=O) groups excluding carboxylic acids is 2. The molecular weight excluding hydrogens is 492 g/mol. The zero-order valence-corrected chi connectivity index (χ0v) is 20.5. The maximum absolute atomic E-state index is 13.6. The monoisotopic (exact) mass is 517 g/mol. The molecule has 1 aromatic carbocycles. The van der Waals surface area contributed by atoms with Gasteiger partial charge in [-0.05, 0) is 59.7 Å². The first-order chi connectivity index (χ1) is 16.7. The van der Waals surface area contributed by atoms with Crippen LogP contribution in [0.4, 0.5) is 8.78 Å². The Bertz CT molecular complexity index is 1190. The zero-order valence-electron chi connectivity index (χ0n) is 18.9. The first-order valence-electron chi connectivity index (χ1n) is 11.2. The van der Waals surface area contributed by atoms with E-state index in [1.165, 1.54) is 17.4 Å². The van der Waals surface area contributed by atoms with E-state index in [9.17, 15) is 23.2 Å². The van der Waals surface area contributed by atoms with Gasteiger partial charge in [-0.15, -0.1) is 11.3 Å². The highest BCUT2D eigenvalue weighted by Gasteiger charge is 2.27. The number of rotatable bonds is 11. The number of carboxylic acid groups (broad SMARTS) is 1. The van der Waals surface area contributed by atoms with E-state index < -0.39 is 17.6 Å². The third-order valence-corrected chi connectivity index (χ3v) is 6.93. The summed E-state index contributed by atoms with van der Waals surface area (Å²) in [6.07, 6.45) is 9.26. The second kappa shape index (κ2) is 12.6. The van der Waals surface area contributed by atoms with Gasteiger partial charge in [0, 0.05) is 21.7 Å². The molecule has 0 aliphatic heterocycles. The largest absolute Gasteiger partial charge is 0.480 e. The lowest BCUT2D eigenvalue weighted by Gasteiger charge is -2.19. The summed E-state index contributed by atoms with van der Waals surface area (Å²) in [5.74, 6) is -3.56. The lowest BCUT2D eigenvalue weighted by molar-refractivity contribution is -0.138. The van der Waals surface area contributed by atoms with Crippen molar-refractivity contribution in [1.29, 1.82) is 0 Å². The molecule has 1 atom stereocenters. The summed E-state index contributed by atoms with van der Waals surface area (Å²) in [5, 5.41) is 12.7. The Hall–Kier alpha value is -3.04. The van der Waals surface area contributed by atoms with Crippen LogP contribution in [0.5, 0.6) is 0 Å². The predicted molar refractivity (Wildman–Crippen MR) is 136 cm³/mol. The molecule has 1 amide bonds. The van der Waals surface area contributed by atoms with Crippen molar-refractivity contribution in [3.63, 3.8) is 0 Å². The van der Waals surface area contributed by atoms with Crippen LogP contribution in [-0.4, -0.2) is 34.2 Å². The summed E-state index contributed by atoms with van der Waals surface area (Å²) < 4.78 is 26.8. The van der Waals surface area contributed by atoms with Crippen molar-refractivity contribution in [3.05, 3.63) is 63.9 Å². The molecule has 0 saturated heterocycles. The Morgan fingerprint density at radius 3 is 2.57 bits per heavy atom. The normalized spacial score (nSPS) is 16.6. The maximum atomic E-state index is 13.6. The Kier molecular flexibility index (Phi) is 9.56. The van der Waals surface area contributed by atoms with Crippen LogP contribution >= 0.6 is 23.6 Å². The van der Waals surface area contributed by atoms with Crippen LogP contribution in [0, 0.1) is 17.6 Å². The summed E-state index contributed by atoms with van der Waals surface area (Å²) >= 11 is 6.81. The summed E-state index contributed by atoms with van der Waals surface area (Å²) in [5.41, 5.74) is 1.86. The van der Waals surface area contributed by atoms with Gasteiger partial charge in [-0.3, -0.25) is 14.4 Å². The van der Waals surface area contributed by atoms with Gasteiger partial charge >= 0.3 is 5.97 Å². The van der Waals surface area contributed by atoms with Crippen LogP contribution < -0.4 is 5.32 Å². The SMILES string of the molecule is O=C(O)CNC(=O)CCCCCCC1C(=O)/C(=C/c2cc(-c3ccc(F)c(F)c3)cs2)C=CC1=S. The molecule has 184 valence electrons. The molecule has 1 aliphatic rings. The number of halogens is 2. The molecule has 0 spiro atoms. The number of Topliss-reactive ketones (excluding diaryl/α,β-unsaturated/α-hetero) is 1. The Morgan fingerprint density at radius 2 is 1.83 bits per heavy atom. The van der Waals surface area contributed by atoms with Crippen molar-refractivity contribution in [3.8, 4) is 11.1 Å². The summed E-state index contributed by atoms with van der Waals surface area (Å²) in [7, 11) is 0. The third kappa shape index (κ3) is 7.73.